The van der Waals surface area contributed by atoms with E-state index in [2.05, 4.69) is 10.3 Å². The van der Waals surface area contributed by atoms with E-state index in [4.69, 9.17) is 0 Å². The lowest BCUT2D eigenvalue weighted by Gasteiger charge is -2.20. The molecule has 1 unspecified atom stereocenters. The van der Waals surface area contributed by atoms with E-state index in [1.807, 2.05) is 6.20 Å². The van der Waals surface area contributed by atoms with Crippen LogP contribution in [0.15, 0.2) is 24.4 Å². The van der Waals surface area contributed by atoms with Crippen LogP contribution < -0.4 is 5.32 Å². The van der Waals surface area contributed by atoms with Gasteiger partial charge in [-0.05, 0) is 42.4 Å². The Morgan fingerprint density at radius 1 is 1.52 bits per heavy atom. The van der Waals surface area contributed by atoms with Crippen LogP contribution in [0, 0.1) is 5.82 Å². The molecule has 1 aromatic carbocycles. The third kappa shape index (κ3) is 2.91. The average molecular weight is 308 g/mol. The molecule has 21 heavy (non-hydrogen) atoms. The first-order chi connectivity index (χ1) is 10.1. The van der Waals surface area contributed by atoms with Crippen molar-refractivity contribution in [2.24, 2.45) is 0 Å². The highest BCUT2D eigenvalue weighted by Gasteiger charge is 2.39. The maximum absolute atomic E-state index is 13.3. The van der Waals surface area contributed by atoms with E-state index < -0.39 is 5.60 Å². The Hall–Kier alpha value is -1.53. The molecule has 3 rings (SSSR count). The van der Waals surface area contributed by atoms with Crippen molar-refractivity contribution >= 4 is 28.6 Å². The number of H-pyrrole nitrogens is 1. The molecule has 1 saturated heterocycles. The summed E-state index contributed by atoms with van der Waals surface area (Å²) in [5.41, 5.74) is 0.609. The molecule has 0 bridgehead atoms. The maximum atomic E-state index is 13.3. The SMILES string of the molecule is O=C(NCCc1c[nH]c2ccc(F)cc12)C1(O)CCSC1. The molecule has 6 heteroatoms. The summed E-state index contributed by atoms with van der Waals surface area (Å²) in [6.45, 7) is 0.426. The minimum Gasteiger partial charge on any atom is -0.379 e. The van der Waals surface area contributed by atoms with Crippen molar-refractivity contribution in [1.82, 2.24) is 10.3 Å². The van der Waals surface area contributed by atoms with Crippen LogP contribution >= 0.6 is 11.8 Å². The number of aliphatic hydroxyl groups is 1. The zero-order valence-electron chi connectivity index (χ0n) is 11.5. The Morgan fingerprint density at radius 2 is 2.38 bits per heavy atom. The molecule has 4 nitrogen and oxygen atoms in total. The molecule has 0 spiro atoms. The lowest BCUT2D eigenvalue weighted by molar-refractivity contribution is -0.137. The molecule has 2 heterocycles. The summed E-state index contributed by atoms with van der Waals surface area (Å²) >= 11 is 1.59. The van der Waals surface area contributed by atoms with E-state index in [9.17, 15) is 14.3 Å². The number of aromatic nitrogens is 1. The van der Waals surface area contributed by atoms with E-state index >= 15 is 0 Å². The molecule has 3 N–H and O–H groups in total. The van der Waals surface area contributed by atoms with Crippen LogP contribution in [0.1, 0.15) is 12.0 Å². The first kappa shape index (κ1) is 14.4. The monoisotopic (exact) mass is 308 g/mol. The molecule has 2 aromatic rings. The smallest absolute Gasteiger partial charge is 0.252 e. The Balaban J connectivity index is 1.62. The van der Waals surface area contributed by atoms with Crippen molar-refractivity contribution in [1.29, 1.82) is 0 Å². The second-order valence-electron chi connectivity index (χ2n) is 5.34. The number of benzene rings is 1. The lowest BCUT2D eigenvalue weighted by atomic mass is 10.0. The molecule has 1 atom stereocenters. The summed E-state index contributed by atoms with van der Waals surface area (Å²) in [6.07, 6.45) is 2.93. The Labute approximate surface area is 126 Å². The van der Waals surface area contributed by atoms with Gasteiger partial charge in [0.15, 0.2) is 5.60 Å². The van der Waals surface area contributed by atoms with E-state index in [0.29, 0.717) is 25.1 Å². The minimum absolute atomic E-state index is 0.273. The molecule has 1 aliphatic rings. The maximum Gasteiger partial charge on any atom is 0.252 e. The summed E-state index contributed by atoms with van der Waals surface area (Å²) in [6, 6.07) is 4.60. The van der Waals surface area contributed by atoms with Gasteiger partial charge in [-0.3, -0.25) is 4.79 Å². The van der Waals surface area contributed by atoms with Crippen LogP contribution in [-0.2, 0) is 11.2 Å². The van der Waals surface area contributed by atoms with Crippen molar-refractivity contribution in [2.45, 2.75) is 18.4 Å². The number of carbonyl (C=O) groups excluding carboxylic acids is 1. The van der Waals surface area contributed by atoms with Crippen LogP contribution in [0.5, 0.6) is 0 Å². The molecule has 112 valence electrons. The predicted molar refractivity (Wildman–Crippen MR) is 81.9 cm³/mol. The van der Waals surface area contributed by atoms with Crippen molar-refractivity contribution in [3.8, 4) is 0 Å². The van der Waals surface area contributed by atoms with Gasteiger partial charge < -0.3 is 15.4 Å². The predicted octanol–water partition coefficient (Wildman–Crippen LogP) is 1.83. The van der Waals surface area contributed by atoms with Crippen LogP contribution in [0.25, 0.3) is 10.9 Å². The number of aromatic amines is 1. The van der Waals surface area contributed by atoms with Gasteiger partial charge in [-0.2, -0.15) is 11.8 Å². The summed E-state index contributed by atoms with van der Waals surface area (Å²) in [4.78, 5) is 15.1. The topological polar surface area (TPSA) is 65.1 Å². The zero-order valence-corrected chi connectivity index (χ0v) is 12.3. The number of hydrogen-bond acceptors (Lipinski definition) is 3. The van der Waals surface area contributed by atoms with Crippen molar-refractivity contribution in [3.63, 3.8) is 0 Å². The molecular weight excluding hydrogens is 291 g/mol. The highest BCUT2D eigenvalue weighted by molar-refractivity contribution is 7.99. The second-order valence-corrected chi connectivity index (χ2v) is 6.45. The van der Waals surface area contributed by atoms with E-state index in [1.54, 1.807) is 17.8 Å². The average Bonchev–Trinajstić information content (AvgIpc) is 3.06. The molecule has 1 fully saturated rings. The van der Waals surface area contributed by atoms with Crippen molar-refractivity contribution in [2.75, 3.05) is 18.1 Å². The zero-order chi connectivity index (χ0) is 14.9. The quantitative estimate of drug-likeness (QED) is 0.807. The van der Waals surface area contributed by atoms with Gasteiger partial charge in [-0.25, -0.2) is 4.39 Å². The number of nitrogens with one attached hydrogen (secondary N) is 2. The summed E-state index contributed by atoms with van der Waals surface area (Å²) in [5, 5.41) is 13.7. The fourth-order valence-electron chi connectivity index (χ4n) is 2.57. The Morgan fingerprint density at radius 3 is 3.14 bits per heavy atom. The summed E-state index contributed by atoms with van der Waals surface area (Å²) in [5.74, 6) is 0.686. The first-order valence-electron chi connectivity index (χ1n) is 6.92. The number of halogens is 1. The number of thioether (sulfide) groups is 1. The Kier molecular flexibility index (Phi) is 3.91. The second kappa shape index (κ2) is 5.69. The molecule has 1 aliphatic heterocycles. The molecule has 1 amide bonds. The van der Waals surface area contributed by atoms with Gasteiger partial charge >= 0.3 is 0 Å². The van der Waals surface area contributed by atoms with Gasteiger partial charge in [0.05, 0.1) is 0 Å². The number of fused-ring (bicyclic) bond motifs is 1. The normalized spacial score (nSPS) is 21.8. The molecule has 0 aliphatic carbocycles. The van der Waals surface area contributed by atoms with E-state index in [0.717, 1.165) is 22.2 Å². The third-order valence-electron chi connectivity index (χ3n) is 3.83. The van der Waals surface area contributed by atoms with Crippen LogP contribution in [0.3, 0.4) is 0 Å². The van der Waals surface area contributed by atoms with Gasteiger partial charge in [0, 0.05) is 29.4 Å². The fourth-order valence-corrected chi connectivity index (χ4v) is 3.81. The van der Waals surface area contributed by atoms with Crippen LogP contribution in [0.4, 0.5) is 4.39 Å². The van der Waals surface area contributed by atoms with Gasteiger partial charge in [0.2, 0.25) is 0 Å². The van der Waals surface area contributed by atoms with Crippen LogP contribution in [0.2, 0.25) is 0 Å². The Bertz CT molecular complexity index is 665. The number of amides is 1. The van der Waals surface area contributed by atoms with Gasteiger partial charge in [-0.1, -0.05) is 0 Å². The van der Waals surface area contributed by atoms with E-state index in [-0.39, 0.29) is 11.7 Å². The first-order valence-corrected chi connectivity index (χ1v) is 8.08. The highest BCUT2D eigenvalue weighted by Crippen LogP contribution is 2.27. The summed E-state index contributed by atoms with van der Waals surface area (Å²) < 4.78 is 13.3. The lowest BCUT2D eigenvalue weighted by Crippen LogP contribution is -2.47. The number of carbonyl (C=O) groups is 1. The fraction of sp³-hybridized carbons (Fsp3) is 0.400. The molecule has 0 saturated carbocycles. The number of hydrogen-bond donors (Lipinski definition) is 3. The van der Waals surface area contributed by atoms with Crippen LogP contribution in [-0.4, -0.2) is 39.6 Å². The minimum atomic E-state index is -1.23. The summed E-state index contributed by atoms with van der Waals surface area (Å²) in [7, 11) is 0. The standard InChI is InChI=1S/C15H17FN2O2S/c16-11-1-2-13-12(7-11)10(8-18-13)3-5-17-14(19)15(20)4-6-21-9-15/h1-2,7-8,18,20H,3-6,9H2,(H,17,19). The largest absolute Gasteiger partial charge is 0.379 e. The van der Waals surface area contributed by atoms with Gasteiger partial charge in [0.1, 0.15) is 5.82 Å². The van der Waals surface area contributed by atoms with Crippen molar-refractivity contribution < 1.29 is 14.3 Å². The van der Waals surface area contributed by atoms with Gasteiger partial charge in [-0.15, -0.1) is 0 Å². The van der Waals surface area contributed by atoms with E-state index in [1.165, 1.54) is 12.1 Å². The van der Waals surface area contributed by atoms with Crippen molar-refractivity contribution in [3.05, 3.63) is 35.8 Å². The third-order valence-corrected chi connectivity index (χ3v) is 5.01. The van der Waals surface area contributed by atoms with Gasteiger partial charge in [0.25, 0.3) is 5.91 Å². The number of rotatable bonds is 4. The highest BCUT2D eigenvalue weighted by atomic mass is 32.2. The molecule has 1 aromatic heterocycles. The molecule has 0 radical (unpaired) electrons. The molecular formula is C15H17FN2O2S.